The molecule has 3 rings (SSSR count). The number of hydrogen-bond acceptors (Lipinski definition) is 6. The predicted octanol–water partition coefficient (Wildman–Crippen LogP) is 2.10. The third-order valence-corrected chi connectivity index (χ3v) is 2.99. The molecule has 0 spiro atoms. The molecule has 0 radical (unpaired) electrons. The molecule has 0 atom stereocenters. The molecule has 1 aromatic heterocycles. The van der Waals surface area contributed by atoms with Crippen molar-refractivity contribution in [2.45, 2.75) is 6.54 Å². The van der Waals surface area contributed by atoms with E-state index in [1.54, 1.807) is 6.07 Å². The molecule has 3 N–H and O–H groups in total. The normalized spacial score (nSPS) is 13.1. The zero-order valence-electron chi connectivity index (χ0n) is 10.6. The molecule has 1 aromatic carbocycles. The van der Waals surface area contributed by atoms with Crippen molar-refractivity contribution in [3.63, 3.8) is 0 Å². The third kappa shape index (κ3) is 2.85. The Morgan fingerprint density at radius 3 is 2.75 bits per heavy atom. The van der Waals surface area contributed by atoms with E-state index in [1.807, 2.05) is 18.2 Å². The van der Waals surface area contributed by atoms with Gasteiger partial charge in [0.1, 0.15) is 24.2 Å². The average Bonchev–Trinajstić information content (AvgIpc) is 2.44. The molecule has 1 aliphatic rings. The SMILES string of the molecule is Nc1nc(Cl)cc(NCc2ccc3c(c2)OCCO3)n1. The second-order valence-corrected chi connectivity index (χ2v) is 4.65. The van der Waals surface area contributed by atoms with Gasteiger partial charge in [0.25, 0.3) is 0 Å². The molecule has 1 aliphatic heterocycles. The van der Waals surface area contributed by atoms with Crippen LogP contribution < -0.4 is 20.5 Å². The first-order valence-electron chi connectivity index (χ1n) is 6.13. The highest BCUT2D eigenvalue weighted by atomic mass is 35.5. The number of rotatable bonds is 3. The van der Waals surface area contributed by atoms with E-state index < -0.39 is 0 Å². The molecule has 0 aliphatic carbocycles. The Balaban J connectivity index is 1.71. The lowest BCUT2D eigenvalue weighted by Gasteiger charge is -2.19. The van der Waals surface area contributed by atoms with Gasteiger partial charge in [-0.05, 0) is 17.7 Å². The molecule has 20 heavy (non-hydrogen) atoms. The van der Waals surface area contributed by atoms with Crippen LogP contribution >= 0.6 is 11.6 Å². The Hall–Kier alpha value is -2.21. The van der Waals surface area contributed by atoms with Crippen molar-refractivity contribution in [1.29, 1.82) is 0 Å². The Morgan fingerprint density at radius 2 is 1.95 bits per heavy atom. The zero-order chi connectivity index (χ0) is 13.9. The molecule has 0 bridgehead atoms. The van der Waals surface area contributed by atoms with Crippen LogP contribution in [0.4, 0.5) is 11.8 Å². The monoisotopic (exact) mass is 292 g/mol. The fourth-order valence-electron chi connectivity index (χ4n) is 1.92. The Labute approximate surface area is 120 Å². The fourth-order valence-corrected chi connectivity index (χ4v) is 2.11. The summed E-state index contributed by atoms with van der Waals surface area (Å²) in [4.78, 5) is 7.85. The van der Waals surface area contributed by atoms with Crippen molar-refractivity contribution in [1.82, 2.24) is 9.97 Å². The van der Waals surface area contributed by atoms with Crippen LogP contribution in [0.5, 0.6) is 11.5 Å². The van der Waals surface area contributed by atoms with Gasteiger partial charge in [-0.15, -0.1) is 0 Å². The van der Waals surface area contributed by atoms with Gasteiger partial charge < -0.3 is 20.5 Å². The Kier molecular flexibility index (Phi) is 3.47. The first-order valence-corrected chi connectivity index (χ1v) is 6.51. The average molecular weight is 293 g/mol. The number of fused-ring (bicyclic) bond motifs is 1. The molecule has 0 saturated carbocycles. The number of aromatic nitrogens is 2. The van der Waals surface area contributed by atoms with Gasteiger partial charge >= 0.3 is 0 Å². The minimum atomic E-state index is 0.141. The summed E-state index contributed by atoms with van der Waals surface area (Å²) < 4.78 is 11.0. The Morgan fingerprint density at radius 1 is 1.15 bits per heavy atom. The molecule has 0 amide bonds. The van der Waals surface area contributed by atoms with Crippen molar-refractivity contribution in [2.24, 2.45) is 0 Å². The van der Waals surface area contributed by atoms with Crippen LogP contribution in [-0.4, -0.2) is 23.2 Å². The molecule has 0 fully saturated rings. The van der Waals surface area contributed by atoms with Crippen LogP contribution in [-0.2, 0) is 6.54 Å². The molecule has 7 heteroatoms. The van der Waals surface area contributed by atoms with Gasteiger partial charge in [0.05, 0.1) is 0 Å². The Bertz CT molecular complexity index is 616. The summed E-state index contributed by atoms with van der Waals surface area (Å²) in [6, 6.07) is 7.42. The maximum atomic E-state index is 5.82. The standard InChI is InChI=1S/C13H13ClN4O2/c14-11-6-12(18-13(15)17-11)16-7-8-1-2-9-10(5-8)20-4-3-19-9/h1-2,5-6H,3-4,7H2,(H3,15,16,17,18). The van der Waals surface area contributed by atoms with Crippen LogP contribution in [0.2, 0.25) is 5.15 Å². The van der Waals surface area contributed by atoms with Gasteiger partial charge in [-0.3, -0.25) is 0 Å². The lowest BCUT2D eigenvalue weighted by molar-refractivity contribution is 0.171. The van der Waals surface area contributed by atoms with E-state index in [2.05, 4.69) is 15.3 Å². The van der Waals surface area contributed by atoms with Crippen molar-refractivity contribution in [3.8, 4) is 11.5 Å². The first kappa shape index (κ1) is 12.8. The van der Waals surface area contributed by atoms with Crippen molar-refractivity contribution in [2.75, 3.05) is 24.3 Å². The highest BCUT2D eigenvalue weighted by molar-refractivity contribution is 6.29. The number of halogens is 1. The summed E-state index contributed by atoms with van der Waals surface area (Å²) in [5.74, 6) is 2.25. The molecule has 0 unspecified atom stereocenters. The highest BCUT2D eigenvalue weighted by Gasteiger charge is 2.11. The minimum Gasteiger partial charge on any atom is -0.486 e. The number of hydrogen-bond donors (Lipinski definition) is 2. The van der Waals surface area contributed by atoms with Gasteiger partial charge in [0.2, 0.25) is 5.95 Å². The van der Waals surface area contributed by atoms with E-state index in [0.717, 1.165) is 17.1 Å². The fraction of sp³-hybridized carbons (Fsp3) is 0.231. The molecule has 0 saturated heterocycles. The lowest BCUT2D eigenvalue weighted by Crippen LogP contribution is -2.15. The summed E-state index contributed by atoms with van der Waals surface area (Å²) in [7, 11) is 0. The second kappa shape index (κ2) is 5.42. The van der Waals surface area contributed by atoms with Gasteiger partial charge in [-0.2, -0.15) is 4.98 Å². The van der Waals surface area contributed by atoms with E-state index in [9.17, 15) is 0 Å². The van der Waals surface area contributed by atoms with Crippen molar-refractivity contribution >= 4 is 23.4 Å². The zero-order valence-corrected chi connectivity index (χ0v) is 11.4. The van der Waals surface area contributed by atoms with E-state index in [0.29, 0.717) is 30.7 Å². The minimum absolute atomic E-state index is 0.141. The van der Waals surface area contributed by atoms with Crippen molar-refractivity contribution < 1.29 is 9.47 Å². The maximum absolute atomic E-state index is 5.82. The topological polar surface area (TPSA) is 82.3 Å². The van der Waals surface area contributed by atoms with Gasteiger partial charge in [-0.25, -0.2) is 4.98 Å². The number of ether oxygens (including phenoxy) is 2. The maximum Gasteiger partial charge on any atom is 0.223 e. The number of benzene rings is 1. The first-order chi connectivity index (χ1) is 9.70. The molecule has 104 valence electrons. The van der Waals surface area contributed by atoms with Gasteiger partial charge in [0.15, 0.2) is 11.5 Å². The number of nitrogens with zero attached hydrogens (tertiary/aromatic N) is 2. The number of nitrogens with two attached hydrogens (primary N) is 1. The summed E-state index contributed by atoms with van der Waals surface area (Å²) in [6.45, 7) is 1.73. The van der Waals surface area contributed by atoms with Gasteiger partial charge in [-0.1, -0.05) is 17.7 Å². The smallest absolute Gasteiger partial charge is 0.223 e. The number of anilines is 2. The van der Waals surface area contributed by atoms with E-state index >= 15 is 0 Å². The molecule has 2 heterocycles. The predicted molar refractivity (Wildman–Crippen MR) is 76.2 cm³/mol. The quantitative estimate of drug-likeness (QED) is 0.843. The van der Waals surface area contributed by atoms with E-state index in [4.69, 9.17) is 26.8 Å². The molecular weight excluding hydrogens is 280 g/mol. The van der Waals surface area contributed by atoms with Crippen LogP contribution in [0.3, 0.4) is 0 Å². The van der Waals surface area contributed by atoms with Gasteiger partial charge in [0, 0.05) is 12.6 Å². The van der Waals surface area contributed by atoms with E-state index in [1.165, 1.54) is 0 Å². The molecule has 6 nitrogen and oxygen atoms in total. The van der Waals surface area contributed by atoms with Crippen LogP contribution in [0.15, 0.2) is 24.3 Å². The number of nitrogens with one attached hydrogen (secondary N) is 1. The summed E-state index contributed by atoms with van der Waals surface area (Å²) in [5.41, 5.74) is 6.58. The lowest BCUT2D eigenvalue weighted by atomic mass is 10.2. The highest BCUT2D eigenvalue weighted by Crippen LogP contribution is 2.30. The van der Waals surface area contributed by atoms with Crippen LogP contribution in [0.1, 0.15) is 5.56 Å². The summed E-state index contributed by atoms with van der Waals surface area (Å²) >= 11 is 5.82. The molecular formula is C13H13ClN4O2. The summed E-state index contributed by atoms with van der Waals surface area (Å²) in [6.07, 6.45) is 0. The largest absolute Gasteiger partial charge is 0.486 e. The van der Waals surface area contributed by atoms with Crippen molar-refractivity contribution in [3.05, 3.63) is 35.0 Å². The molecule has 2 aromatic rings. The van der Waals surface area contributed by atoms with Crippen LogP contribution in [0, 0.1) is 0 Å². The third-order valence-electron chi connectivity index (χ3n) is 2.79. The van der Waals surface area contributed by atoms with Crippen LogP contribution in [0.25, 0.3) is 0 Å². The van der Waals surface area contributed by atoms with E-state index in [-0.39, 0.29) is 5.95 Å². The summed E-state index contributed by atoms with van der Waals surface area (Å²) in [5, 5.41) is 3.45. The number of nitrogen functional groups attached to an aromatic ring is 1. The second-order valence-electron chi connectivity index (χ2n) is 4.27.